The highest BCUT2D eigenvalue weighted by Crippen LogP contribution is 2.37. The molecule has 0 aliphatic carbocycles. The summed E-state index contributed by atoms with van der Waals surface area (Å²) in [5, 5.41) is 17.9. The molecule has 1 saturated heterocycles. The number of hydrogen-bond acceptors (Lipinski definition) is 7. The van der Waals surface area contributed by atoms with Gasteiger partial charge in [-0.3, -0.25) is 4.79 Å². The molecule has 1 amide bonds. The molecule has 4 N–H and O–H groups in total. The van der Waals surface area contributed by atoms with Gasteiger partial charge in [0.25, 0.3) is 5.91 Å². The number of nitrogens with zero attached hydrogens (tertiary/aromatic N) is 2. The van der Waals surface area contributed by atoms with Gasteiger partial charge in [0.1, 0.15) is 18.9 Å². The number of hydrazone groups is 1. The summed E-state index contributed by atoms with van der Waals surface area (Å²) in [5.41, 5.74) is 5.61. The largest absolute Gasteiger partial charge is 0.490 e. The van der Waals surface area contributed by atoms with Crippen LogP contribution >= 0.6 is 0 Å². The van der Waals surface area contributed by atoms with Crippen LogP contribution in [0, 0.1) is 6.92 Å². The van der Waals surface area contributed by atoms with Gasteiger partial charge in [-0.2, -0.15) is 18.3 Å². The molecule has 0 spiro atoms. The summed E-state index contributed by atoms with van der Waals surface area (Å²) in [4.78, 5) is 22.4. The highest BCUT2D eigenvalue weighted by Gasteiger charge is 2.38. The van der Waals surface area contributed by atoms with Gasteiger partial charge in [0, 0.05) is 18.8 Å². The van der Waals surface area contributed by atoms with E-state index in [1.807, 2.05) is 11.0 Å². The minimum Gasteiger partial charge on any atom is -0.483 e. The monoisotopic (exact) mass is 401 g/mol. The third kappa shape index (κ3) is 4.27. The quantitative estimate of drug-likeness (QED) is 0.575. The summed E-state index contributed by atoms with van der Waals surface area (Å²) in [7, 11) is 0. The van der Waals surface area contributed by atoms with Gasteiger partial charge in [0.15, 0.2) is 5.84 Å². The van der Waals surface area contributed by atoms with Gasteiger partial charge >= 0.3 is 12.1 Å². The Balaban J connectivity index is 0.000000279. The van der Waals surface area contributed by atoms with Crippen molar-refractivity contribution in [2.24, 2.45) is 5.10 Å². The number of anilines is 2. The lowest BCUT2D eigenvalue weighted by atomic mass is 10.1. The van der Waals surface area contributed by atoms with Crippen molar-refractivity contribution in [3.63, 3.8) is 0 Å². The average molecular weight is 401 g/mol. The summed E-state index contributed by atoms with van der Waals surface area (Å²) < 4.78 is 37.5. The maximum absolute atomic E-state index is 11.6. The van der Waals surface area contributed by atoms with Gasteiger partial charge in [-0.1, -0.05) is 0 Å². The van der Waals surface area contributed by atoms with Crippen molar-refractivity contribution < 1.29 is 32.6 Å². The van der Waals surface area contributed by atoms with Crippen LogP contribution in [-0.2, 0) is 9.59 Å². The summed E-state index contributed by atoms with van der Waals surface area (Å²) in [6, 6.07) is 4.53. The van der Waals surface area contributed by atoms with Crippen molar-refractivity contribution in [3.8, 4) is 5.75 Å². The zero-order chi connectivity index (χ0) is 20.5. The highest BCUT2D eigenvalue weighted by molar-refractivity contribution is 6.08. The molecule has 28 heavy (non-hydrogen) atoms. The third-order valence-corrected chi connectivity index (χ3v) is 4.26. The Labute approximate surface area is 157 Å². The second-order valence-corrected chi connectivity index (χ2v) is 6.38. The SMILES string of the molecule is Cc1cc2c(cc1NC1CNC1)N1CC(=O)NN=C1CO2.O=C(O)C(F)(F)F. The molecule has 0 bridgehead atoms. The number of carbonyl (C=O) groups excluding carboxylic acids is 1. The predicted octanol–water partition coefficient (Wildman–Crippen LogP) is 0.654. The molecule has 0 saturated carbocycles. The Morgan fingerprint density at radius 2 is 2.07 bits per heavy atom. The van der Waals surface area contributed by atoms with Gasteiger partial charge in [0.2, 0.25) is 0 Å². The van der Waals surface area contributed by atoms with E-state index < -0.39 is 12.1 Å². The van der Waals surface area contributed by atoms with Crippen LogP contribution in [0.25, 0.3) is 0 Å². The number of amides is 1. The molecule has 4 rings (SSSR count). The number of carboxylic acids is 1. The van der Waals surface area contributed by atoms with Crippen LogP contribution in [0.5, 0.6) is 5.75 Å². The van der Waals surface area contributed by atoms with E-state index in [2.05, 4.69) is 34.2 Å². The molecule has 1 aromatic carbocycles. The Hall–Kier alpha value is -3.02. The first-order valence-corrected chi connectivity index (χ1v) is 8.33. The Bertz CT molecular complexity index is 823. The maximum Gasteiger partial charge on any atom is 0.490 e. The number of ether oxygens (including phenoxy) is 1. The summed E-state index contributed by atoms with van der Waals surface area (Å²) >= 11 is 0. The minimum atomic E-state index is -5.08. The molecule has 3 aliphatic rings. The second kappa shape index (κ2) is 7.54. The normalized spacial score (nSPS) is 18.2. The third-order valence-electron chi connectivity index (χ3n) is 4.26. The minimum absolute atomic E-state index is 0.107. The fraction of sp³-hybridized carbons (Fsp3) is 0.438. The average Bonchev–Trinajstić information content (AvgIpc) is 2.58. The van der Waals surface area contributed by atoms with E-state index in [4.69, 9.17) is 14.6 Å². The molecule has 3 aliphatic heterocycles. The van der Waals surface area contributed by atoms with Crippen molar-refractivity contribution in [2.75, 3.05) is 36.5 Å². The Morgan fingerprint density at radius 3 is 2.64 bits per heavy atom. The molecule has 0 aromatic heterocycles. The van der Waals surface area contributed by atoms with Gasteiger partial charge in [0.05, 0.1) is 11.7 Å². The first kappa shape index (κ1) is 19.7. The zero-order valence-electron chi connectivity index (χ0n) is 14.8. The predicted molar refractivity (Wildman–Crippen MR) is 93.6 cm³/mol. The number of amidine groups is 1. The van der Waals surface area contributed by atoms with Crippen LogP contribution in [-0.4, -0.2) is 61.3 Å². The Morgan fingerprint density at radius 1 is 1.39 bits per heavy atom. The number of hydrogen-bond donors (Lipinski definition) is 4. The van der Waals surface area contributed by atoms with Crippen molar-refractivity contribution >= 4 is 29.1 Å². The number of aryl methyl sites for hydroxylation is 1. The number of halogens is 3. The smallest absolute Gasteiger partial charge is 0.483 e. The molecule has 152 valence electrons. The standard InChI is InChI=1S/C14H17N5O2.C2HF3O2/c1-8-2-12-11(3-10(8)16-9-4-15-5-9)19-6-14(20)18-17-13(19)7-21-12;3-2(4,5)1(6)7/h2-3,9,15-16H,4-7H2,1H3,(H,18,20);(H,6,7). The van der Waals surface area contributed by atoms with E-state index >= 15 is 0 Å². The molecule has 0 atom stereocenters. The van der Waals surface area contributed by atoms with Crippen LogP contribution in [0.2, 0.25) is 0 Å². The van der Waals surface area contributed by atoms with Crippen molar-refractivity contribution in [3.05, 3.63) is 17.7 Å². The number of carboxylic acid groups (broad SMARTS) is 1. The van der Waals surface area contributed by atoms with Crippen LogP contribution in [0.15, 0.2) is 17.2 Å². The fourth-order valence-corrected chi connectivity index (χ4v) is 2.70. The van der Waals surface area contributed by atoms with Crippen molar-refractivity contribution in [1.82, 2.24) is 10.7 Å². The zero-order valence-corrected chi connectivity index (χ0v) is 14.8. The molecule has 12 heteroatoms. The number of carbonyl (C=O) groups is 2. The number of fused-ring (bicyclic) bond motifs is 3. The van der Waals surface area contributed by atoms with Crippen LogP contribution in [0.1, 0.15) is 5.56 Å². The topological polar surface area (TPSA) is 115 Å². The summed E-state index contributed by atoms with van der Waals surface area (Å²) in [5.74, 6) is -1.32. The number of aliphatic carboxylic acids is 1. The summed E-state index contributed by atoms with van der Waals surface area (Å²) in [6.45, 7) is 4.68. The van der Waals surface area contributed by atoms with E-state index in [1.54, 1.807) is 0 Å². The molecule has 1 aromatic rings. The van der Waals surface area contributed by atoms with Crippen molar-refractivity contribution in [1.29, 1.82) is 0 Å². The van der Waals surface area contributed by atoms with E-state index in [-0.39, 0.29) is 12.5 Å². The molecule has 3 heterocycles. The lowest BCUT2D eigenvalue weighted by molar-refractivity contribution is -0.192. The van der Waals surface area contributed by atoms with Gasteiger partial charge in [-0.15, -0.1) is 0 Å². The second-order valence-electron chi connectivity index (χ2n) is 6.38. The molecular weight excluding hydrogens is 383 g/mol. The van der Waals surface area contributed by atoms with E-state index in [9.17, 15) is 18.0 Å². The number of rotatable bonds is 2. The van der Waals surface area contributed by atoms with E-state index in [0.717, 1.165) is 41.6 Å². The lowest BCUT2D eigenvalue weighted by Gasteiger charge is -2.35. The number of alkyl halides is 3. The van der Waals surface area contributed by atoms with Crippen molar-refractivity contribution in [2.45, 2.75) is 19.1 Å². The van der Waals surface area contributed by atoms with Crippen LogP contribution in [0.3, 0.4) is 0 Å². The van der Waals surface area contributed by atoms with E-state index in [1.165, 1.54) is 0 Å². The van der Waals surface area contributed by atoms with Gasteiger partial charge in [-0.05, 0) is 24.6 Å². The highest BCUT2D eigenvalue weighted by atomic mass is 19.4. The number of nitrogens with one attached hydrogen (secondary N) is 3. The Kier molecular flexibility index (Phi) is 5.31. The van der Waals surface area contributed by atoms with Crippen LogP contribution in [0.4, 0.5) is 24.5 Å². The van der Waals surface area contributed by atoms with Gasteiger partial charge in [-0.25, -0.2) is 10.2 Å². The number of benzene rings is 1. The fourth-order valence-electron chi connectivity index (χ4n) is 2.70. The molecule has 9 nitrogen and oxygen atoms in total. The first-order chi connectivity index (χ1) is 13.1. The molecular formula is C16H18F3N5O4. The maximum atomic E-state index is 11.6. The van der Waals surface area contributed by atoms with Crippen LogP contribution < -0.4 is 25.7 Å². The van der Waals surface area contributed by atoms with Gasteiger partial charge < -0.3 is 25.4 Å². The lowest BCUT2D eigenvalue weighted by Crippen LogP contribution is -2.51. The first-order valence-electron chi connectivity index (χ1n) is 8.33. The molecule has 0 radical (unpaired) electrons. The van der Waals surface area contributed by atoms with E-state index in [0.29, 0.717) is 12.6 Å². The summed E-state index contributed by atoms with van der Waals surface area (Å²) in [6.07, 6.45) is -5.08. The molecule has 0 unspecified atom stereocenters. The molecule has 1 fully saturated rings.